The fraction of sp³-hybridized carbons (Fsp3) is 0.409. The molecule has 0 aliphatic rings. The van der Waals surface area contributed by atoms with Crippen LogP contribution >= 0.6 is 0 Å². The largest absolute Gasteiger partial charge is 0.401 e. The van der Waals surface area contributed by atoms with Crippen molar-refractivity contribution in [2.45, 2.75) is 45.4 Å². The molecular formula is C22H25F3O2. The number of aryl methyl sites for hydroxylation is 1. The highest BCUT2D eigenvalue weighted by molar-refractivity contribution is 5.87. The van der Waals surface area contributed by atoms with Gasteiger partial charge < -0.3 is 5.11 Å². The van der Waals surface area contributed by atoms with E-state index in [-0.39, 0.29) is 19.3 Å². The maximum Gasteiger partial charge on any atom is 0.401 e. The quantitative estimate of drug-likeness (QED) is 0.702. The van der Waals surface area contributed by atoms with Gasteiger partial charge in [0.25, 0.3) is 0 Å². The molecule has 0 saturated carbocycles. The molecule has 2 aromatic rings. The topological polar surface area (TPSA) is 37.3 Å². The van der Waals surface area contributed by atoms with E-state index < -0.39 is 29.4 Å². The first kappa shape index (κ1) is 21.2. The normalized spacial score (nSPS) is 14.6. The molecule has 0 unspecified atom stereocenters. The molecule has 0 saturated heterocycles. The summed E-state index contributed by atoms with van der Waals surface area (Å²) in [6.45, 7) is 3.01. The predicted octanol–water partition coefficient (Wildman–Crippen LogP) is 5.00. The van der Waals surface area contributed by atoms with Crippen molar-refractivity contribution in [2.24, 2.45) is 11.3 Å². The summed E-state index contributed by atoms with van der Waals surface area (Å²) in [5, 5.41) is 10.3. The zero-order chi connectivity index (χ0) is 20.1. The van der Waals surface area contributed by atoms with E-state index in [9.17, 15) is 23.1 Å². The Morgan fingerprint density at radius 3 is 1.89 bits per heavy atom. The molecule has 0 aromatic heterocycles. The third-order valence-corrected chi connectivity index (χ3v) is 4.75. The Hall–Kier alpha value is -2.14. The van der Waals surface area contributed by atoms with Crippen LogP contribution in [0.25, 0.3) is 0 Å². The number of hydrogen-bond acceptors (Lipinski definition) is 2. The molecule has 2 atom stereocenters. The summed E-state index contributed by atoms with van der Waals surface area (Å²) in [4.78, 5) is 12.8. The third-order valence-electron chi connectivity index (χ3n) is 4.75. The second-order valence-electron chi connectivity index (χ2n) is 7.52. The minimum Gasteiger partial charge on any atom is -0.392 e. The van der Waals surface area contributed by atoms with Gasteiger partial charge in [0.15, 0.2) is 5.78 Å². The van der Waals surface area contributed by atoms with E-state index in [0.29, 0.717) is 0 Å². The second-order valence-corrected chi connectivity index (χ2v) is 7.52. The Kier molecular flexibility index (Phi) is 6.82. The zero-order valence-electron chi connectivity index (χ0n) is 15.5. The Morgan fingerprint density at radius 2 is 1.41 bits per heavy atom. The lowest BCUT2D eigenvalue weighted by Gasteiger charge is -2.32. The van der Waals surface area contributed by atoms with Gasteiger partial charge in [0.05, 0.1) is 6.10 Å². The van der Waals surface area contributed by atoms with Gasteiger partial charge in [-0.15, -0.1) is 0 Å². The summed E-state index contributed by atoms with van der Waals surface area (Å²) in [5.41, 5.74) is 0.374. The van der Waals surface area contributed by atoms with Gasteiger partial charge in [-0.1, -0.05) is 74.5 Å². The molecule has 0 amide bonds. The molecule has 0 bridgehead atoms. The number of hydrogen-bond donors (Lipinski definition) is 1. The van der Waals surface area contributed by atoms with Crippen molar-refractivity contribution >= 4 is 5.78 Å². The molecule has 1 N–H and O–H groups in total. The number of aliphatic hydroxyl groups is 1. The Labute approximate surface area is 158 Å². The molecule has 2 aromatic carbocycles. The fourth-order valence-electron chi connectivity index (χ4n) is 3.28. The number of halogens is 3. The van der Waals surface area contributed by atoms with E-state index in [0.717, 1.165) is 11.1 Å². The standard InChI is InChI=1S/C22H25F3O2/c1-21(2,15-17-11-7-4-8-12-17)20(27)19(22(23,24)25)18(26)14-13-16-9-5-3-6-10-16/h3-12,18-19,26H,13-15H2,1-2H3/t18-,19-/m0/s1. The van der Waals surface area contributed by atoms with E-state index in [2.05, 4.69) is 0 Å². The molecule has 0 fully saturated rings. The minimum absolute atomic E-state index is 0.124. The summed E-state index contributed by atoms with van der Waals surface area (Å²) in [6, 6.07) is 17.9. The molecule has 0 radical (unpaired) electrons. The minimum atomic E-state index is -4.79. The Balaban J connectivity index is 2.15. The van der Waals surface area contributed by atoms with Crippen LogP contribution in [0.15, 0.2) is 60.7 Å². The number of rotatable bonds is 8. The number of ketones is 1. The zero-order valence-corrected chi connectivity index (χ0v) is 15.5. The van der Waals surface area contributed by atoms with E-state index in [1.807, 2.05) is 12.1 Å². The lowest BCUT2D eigenvalue weighted by atomic mass is 9.74. The average Bonchev–Trinajstić information content (AvgIpc) is 2.60. The molecule has 0 spiro atoms. The third kappa shape index (κ3) is 5.93. The molecular weight excluding hydrogens is 353 g/mol. The van der Waals surface area contributed by atoms with Crippen molar-refractivity contribution < 1.29 is 23.1 Å². The van der Waals surface area contributed by atoms with Crippen molar-refractivity contribution in [3.8, 4) is 0 Å². The SMILES string of the molecule is CC(C)(Cc1ccccc1)C(=O)[C@H]([C@@H](O)CCc1ccccc1)C(F)(F)F. The molecule has 27 heavy (non-hydrogen) atoms. The Bertz CT molecular complexity index is 724. The highest BCUT2D eigenvalue weighted by atomic mass is 19.4. The lowest BCUT2D eigenvalue weighted by molar-refractivity contribution is -0.205. The van der Waals surface area contributed by atoms with Crippen molar-refractivity contribution in [1.29, 1.82) is 0 Å². The number of carbonyl (C=O) groups excluding carboxylic acids is 1. The van der Waals surface area contributed by atoms with Crippen LogP contribution in [0.5, 0.6) is 0 Å². The number of carbonyl (C=O) groups is 1. The number of benzene rings is 2. The Morgan fingerprint density at radius 1 is 0.926 bits per heavy atom. The number of aliphatic hydroxyl groups excluding tert-OH is 1. The van der Waals surface area contributed by atoms with Gasteiger partial charge in [0.1, 0.15) is 5.92 Å². The van der Waals surface area contributed by atoms with Gasteiger partial charge in [0, 0.05) is 5.41 Å². The van der Waals surface area contributed by atoms with Crippen LogP contribution in [0.3, 0.4) is 0 Å². The van der Waals surface area contributed by atoms with Crippen LogP contribution in [0.1, 0.15) is 31.4 Å². The van der Waals surface area contributed by atoms with Gasteiger partial charge in [-0.05, 0) is 30.4 Å². The molecule has 146 valence electrons. The van der Waals surface area contributed by atoms with E-state index >= 15 is 0 Å². The van der Waals surface area contributed by atoms with Crippen molar-refractivity contribution in [1.82, 2.24) is 0 Å². The fourth-order valence-corrected chi connectivity index (χ4v) is 3.28. The highest BCUT2D eigenvalue weighted by Crippen LogP contribution is 2.38. The molecule has 2 nitrogen and oxygen atoms in total. The summed E-state index contributed by atoms with van der Waals surface area (Å²) >= 11 is 0. The van der Waals surface area contributed by atoms with Crippen LogP contribution in [-0.2, 0) is 17.6 Å². The van der Waals surface area contributed by atoms with Gasteiger partial charge in [-0.2, -0.15) is 13.2 Å². The summed E-state index contributed by atoms with van der Waals surface area (Å²) in [5.74, 6) is -3.36. The van der Waals surface area contributed by atoms with Crippen LogP contribution in [-0.4, -0.2) is 23.2 Å². The van der Waals surface area contributed by atoms with Gasteiger partial charge in [0.2, 0.25) is 0 Å². The lowest BCUT2D eigenvalue weighted by Crippen LogP contribution is -2.46. The number of Topliss-reactive ketones (excluding diaryl/α,β-unsaturated/α-hetero) is 1. The molecule has 0 aliphatic heterocycles. The molecule has 0 aliphatic carbocycles. The van der Waals surface area contributed by atoms with Crippen LogP contribution in [0, 0.1) is 11.3 Å². The van der Waals surface area contributed by atoms with Gasteiger partial charge in [-0.25, -0.2) is 0 Å². The predicted molar refractivity (Wildman–Crippen MR) is 99.2 cm³/mol. The summed E-state index contributed by atoms with van der Waals surface area (Å²) in [6.07, 6.45) is -6.22. The van der Waals surface area contributed by atoms with Crippen LogP contribution < -0.4 is 0 Å². The smallest absolute Gasteiger partial charge is 0.392 e. The second kappa shape index (κ2) is 8.70. The van der Waals surface area contributed by atoms with Crippen molar-refractivity contribution in [3.05, 3.63) is 71.8 Å². The van der Waals surface area contributed by atoms with Crippen LogP contribution in [0.4, 0.5) is 13.2 Å². The van der Waals surface area contributed by atoms with Gasteiger partial charge in [-0.3, -0.25) is 4.79 Å². The maximum atomic E-state index is 13.6. The first-order valence-corrected chi connectivity index (χ1v) is 8.98. The average molecular weight is 378 g/mol. The first-order chi connectivity index (χ1) is 12.6. The molecule has 2 rings (SSSR count). The maximum absolute atomic E-state index is 13.6. The van der Waals surface area contributed by atoms with E-state index in [4.69, 9.17) is 0 Å². The van der Waals surface area contributed by atoms with E-state index in [1.165, 1.54) is 13.8 Å². The van der Waals surface area contributed by atoms with Crippen molar-refractivity contribution in [2.75, 3.05) is 0 Å². The van der Waals surface area contributed by atoms with E-state index in [1.54, 1.807) is 48.5 Å². The monoisotopic (exact) mass is 378 g/mol. The van der Waals surface area contributed by atoms with Crippen molar-refractivity contribution in [3.63, 3.8) is 0 Å². The molecule has 5 heteroatoms. The van der Waals surface area contributed by atoms with Crippen LogP contribution in [0.2, 0.25) is 0 Å². The summed E-state index contributed by atoms with van der Waals surface area (Å²) in [7, 11) is 0. The summed E-state index contributed by atoms with van der Waals surface area (Å²) < 4.78 is 40.9. The first-order valence-electron chi connectivity index (χ1n) is 8.98. The highest BCUT2D eigenvalue weighted by Gasteiger charge is 2.52. The molecule has 0 heterocycles. The number of alkyl halides is 3. The van der Waals surface area contributed by atoms with Gasteiger partial charge >= 0.3 is 6.18 Å².